The Kier molecular flexibility index (Phi) is 2.85. The third kappa shape index (κ3) is 2.09. The van der Waals surface area contributed by atoms with E-state index in [1.54, 1.807) is 24.3 Å². The first-order valence-electron chi connectivity index (χ1n) is 5.43. The van der Waals surface area contributed by atoms with Crippen molar-refractivity contribution in [3.8, 4) is 17.1 Å². The fourth-order valence-electron chi connectivity index (χ4n) is 1.65. The van der Waals surface area contributed by atoms with Crippen LogP contribution in [0.2, 0.25) is 0 Å². The minimum atomic E-state index is -4.48. The fourth-order valence-corrected chi connectivity index (χ4v) is 2.36. The van der Waals surface area contributed by atoms with Gasteiger partial charge in [-0.25, -0.2) is 0 Å². The summed E-state index contributed by atoms with van der Waals surface area (Å²) >= 11 is 0.456. The van der Waals surface area contributed by atoms with Gasteiger partial charge in [-0.3, -0.25) is 0 Å². The highest BCUT2D eigenvalue weighted by atomic mass is 32.1. The van der Waals surface area contributed by atoms with Crippen LogP contribution in [0.4, 0.5) is 13.2 Å². The third-order valence-electron chi connectivity index (χ3n) is 2.58. The van der Waals surface area contributed by atoms with Gasteiger partial charge in [0.05, 0.1) is 7.11 Å². The monoisotopic (exact) mass is 300 g/mol. The average molecular weight is 300 g/mol. The molecule has 9 heteroatoms. The maximum Gasteiger partial charge on any atom is 0.445 e. The highest BCUT2D eigenvalue weighted by Crippen LogP contribution is 2.33. The maximum absolute atomic E-state index is 12.6. The lowest BCUT2D eigenvalue weighted by Crippen LogP contribution is -2.05. The van der Waals surface area contributed by atoms with E-state index < -0.39 is 11.2 Å². The van der Waals surface area contributed by atoms with Crippen LogP contribution in [0.15, 0.2) is 24.3 Å². The summed E-state index contributed by atoms with van der Waals surface area (Å²) in [5.41, 5.74) is 0.609. The lowest BCUT2D eigenvalue weighted by atomic mass is 10.2. The molecule has 2 aromatic heterocycles. The van der Waals surface area contributed by atoms with Crippen molar-refractivity contribution in [1.29, 1.82) is 0 Å². The summed E-state index contributed by atoms with van der Waals surface area (Å²) < 4.78 is 43.9. The minimum absolute atomic E-state index is 0.100. The summed E-state index contributed by atoms with van der Waals surface area (Å²) in [5, 5.41) is 10.1. The highest BCUT2D eigenvalue weighted by Gasteiger charge is 2.36. The van der Waals surface area contributed by atoms with Crippen molar-refractivity contribution < 1.29 is 17.9 Å². The molecule has 0 atom stereocenters. The molecule has 20 heavy (non-hydrogen) atoms. The first kappa shape index (κ1) is 12.9. The van der Waals surface area contributed by atoms with Crippen LogP contribution in [-0.4, -0.2) is 26.9 Å². The molecule has 0 saturated carbocycles. The number of halogens is 3. The SMILES string of the molecule is COc1ccc(-c2nnc3sc(C(F)(F)F)nn23)cc1. The standard InChI is InChI=1S/C11H7F3N4OS/c1-19-7-4-2-6(3-5-7)8-15-16-10-18(8)17-9(20-10)11(12,13)14/h2-5H,1H3. The number of methoxy groups -OCH3 is 1. The van der Waals surface area contributed by atoms with E-state index in [4.69, 9.17) is 4.74 Å². The number of fused-ring (bicyclic) bond motifs is 1. The summed E-state index contributed by atoms with van der Waals surface area (Å²) in [6.07, 6.45) is -4.48. The van der Waals surface area contributed by atoms with Crippen LogP contribution in [0.25, 0.3) is 16.3 Å². The summed E-state index contributed by atoms with van der Waals surface area (Å²) in [6.45, 7) is 0. The van der Waals surface area contributed by atoms with Gasteiger partial charge in [-0.05, 0) is 24.3 Å². The van der Waals surface area contributed by atoms with Gasteiger partial charge >= 0.3 is 6.18 Å². The number of hydrogen-bond donors (Lipinski definition) is 0. The van der Waals surface area contributed by atoms with Crippen molar-refractivity contribution in [3.05, 3.63) is 29.3 Å². The summed E-state index contributed by atoms with van der Waals surface area (Å²) in [6, 6.07) is 6.74. The quantitative estimate of drug-likeness (QED) is 0.730. The molecule has 1 aromatic carbocycles. The molecule has 0 aliphatic carbocycles. The molecular weight excluding hydrogens is 293 g/mol. The van der Waals surface area contributed by atoms with Gasteiger partial charge in [-0.2, -0.15) is 17.7 Å². The van der Waals surface area contributed by atoms with Crippen molar-refractivity contribution >= 4 is 16.3 Å². The molecular formula is C11H7F3N4OS. The Bertz CT molecular complexity index is 747. The van der Waals surface area contributed by atoms with Gasteiger partial charge in [0, 0.05) is 5.56 Å². The van der Waals surface area contributed by atoms with Crippen molar-refractivity contribution in [3.63, 3.8) is 0 Å². The molecule has 0 fully saturated rings. The van der Waals surface area contributed by atoms with E-state index in [-0.39, 0.29) is 10.8 Å². The van der Waals surface area contributed by atoms with E-state index in [1.807, 2.05) is 0 Å². The van der Waals surface area contributed by atoms with Crippen molar-refractivity contribution in [2.24, 2.45) is 0 Å². The smallest absolute Gasteiger partial charge is 0.445 e. The van der Waals surface area contributed by atoms with Crippen LogP contribution in [0.5, 0.6) is 5.75 Å². The Morgan fingerprint density at radius 1 is 1.15 bits per heavy atom. The van der Waals surface area contributed by atoms with Crippen LogP contribution in [0, 0.1) is 0 Å². The first-order chi connectivity index (χ1) is 9.49. The molecule has 2 heterocycles. The predicted molar refractivity (Wildman–Crippen MR) is 65.6 cm³/mol. The number of ether oxygens (including phenoxy) is 1. The largest absolute Gasteiger partial charge is 0.497 e. The number of aromatic nitrogens is 4. The second-order valence-corrected chi connectivity index (χ2v) is 4.81. The van der Waals surface area contributed by atoms with Gasteiger partial charge in [-0.1, -0.05) is 11.3 Å². The Hall–Kier alpha value is -2.16. The highest BCUT2D eigenvalue weighted by molar-refractivity contribution is 7.16. The van der Waals surface area contributed by atoms with Crippen molar-refractivity contribution in [2.45, 2.75) is 6.18 Å². The van der Waals surface area contributed by atoms with Gasteiger partial charge in [0.1, 0.15) is 5.75 Å². The summed E-state index contributed by atoms with van der Waals surface area (Å²) in [4.78, 5) is 0.100. The number of nitrogens with zero attached hydrogens (tertiary/aromatic N) is 4. The third-order valence-corrected chi connectivity index (χ3v) is 3.53. The van der Waals surface area contributed by atoms with E-state index >= 15 is 0 Å². The van der Waals surface area contributed by atoms with Gasteiger partial charge < -0.3 is 4.74 Å². The van der Waals surface area contributed by atoms with Crippen LogP contribution in [-0.2, 0) is 6.18 Å². The topological polar surface area (TPSA) is 52.3 Å². The van der Waals surface area contributed by atoms with Crippen molar-refractivity contribution in [1.82, 2.24) is 19.8 Å². The summed E-state index contributed by atoms with van der Waals surface area (Å²) in [5.74, 6) is 0.901. The van der Waals surface area contributed by atoms with Crippen LogP contribution in [0.3, 0.4) is 0 Å². The van der Waals surface area contributed by atoms with Crippen molar-refractivity contribution in [2.75, 3.05) is 7.11 Å². The molecule has 0 unspecified atom stereocenters. The number of alkyl halides is 3. The molecule has 0 aliphatic rings. The molecule has 104 valence electrons. The van der Waals surface area contributed by atoms with Crippen LogP contribution in [0.1, 0.15) is 5.01 Å². The molecule has 3 rings (SSSR count). The molecule has 0 bridgehead atoms. The molecule has 0 spiro atoms. The van der Waals surface area contributed by atoms with E-state index in [0.29, 0.717) is 22.6 Å². The Morgan fingerprint density at radius 3 is 2.45 bits per heavy atom. The number of rotatable bonds is 2. The first-order valence-corrected chi connectivity index (χ1v) is 6.24. The maximum atomic E-state index is 12.6. The van der Waals surface area contributed by atoms with E-state index in [9.17, 15) is 13.2 Å². The van der Waals surface area contributed by atoms with E-state index in [0.717, 1.165) is 4.52 Å². The second-order valence-electron chi connectivity index (χ2n) is 3.85. The average Bonchev–Trinajstić information content (AvgIpc) is 2.98. The lowest BCUT2D eigenvalue weighted by Gasteiger charge is -2.01. The lowest BCUT2D eigenvalue weighted by molar-refractivity contribution is -0.138. The fraction of sp³-hybridized carbons (Fsp3) is 0.182. The Morgan fingerprint density at radius 2 is 1.85 bits per heavy atom. The molecule has 5 nitrogen and oxygen atoms in total. The molecule has 0 N–H and O–H groups in total. The van der Waals surface area contributed by atoms with E-state index in [2.05, 4.69) is 15.3 Å². The predicted octanol–water partition coefficient (Wildman–Crippen LogP) is 2.88. The molecule has 3 aromatic rings. The Labute approximate surface area is 114 Å². The molecule has 0 saturated heterocycles. The van der Waals surface area contributed by atoms with E-state index in [1.165, 1.54) is 7.11 Å². The molecule has 0 radical (unpaired) electrons. The molecule has 0 aliphatic heterocycles. The van der Waals surface area contributed by atoms with Gasteiger partial charge in [0.15, 0.2) is 5.82 Å². The number of hydrogen-bond acceptors (Lipinski definition) is 5. The Balaban J connectivity index is 2.09. The van der Waals surface area contributed by atoms with Gasteiger partial charge in [0.2, 0.25) is 9.97 Å². The van der Waals surface area contributed by atoms with Crippen LogP contribution >= 0.6 is 11.3 Å². The van der Waals surface area contributed by atoms with Gasteiger partial charge in [-0.15, -0.1) is 15.3 Å². The molecule has 0 amide bonds. The second kappa shape index (κ2) is 4.44. The zero-order chi connectivity index (χ0) is 14.3. The number of benzene rings is 1. The summed E-state index contributed by atoms with van der Waals surface area (Å²) in [7, 11) is 1.53. The van der Waals surface area contributed by atoms with Gasteiger partial charge in [0.25, 0.3) is 0 Å². The minimum Gasteiger partial charge on any atom is -0.497 e. The normalized spacial score (nSPS) is 12.0. The van der Waals surface area contributed by atoms with Crippen LogP contribution < -0.4 is 4.74 Å². The zero-order valence-electron chi connectivity index (χ0n) is 10.0. The zero-order valence-corrected chi connectivity index (χ0v) is 10.9.